The van der Waals surface area contributed by atoms with Crippen molar-refractivity contribution in [1.82, 2.24) is 0 Å². The van der Waals surface area contributed by atoms with Gasteiger partial charge in [-0.2, -0.15) is 0 Å². The van der Waals surface area contributed by atoms with E-state index in [1.807, 2.05) is 13.8 Å². The Morgan fingerprint density at radius 3 is 2.14 bits per heavy atom. The van der Waals surface area contributed by atoms with Crippen molar-refractivity contribution >= 4 is 0 Å². The molecule has 0 radical (unpaired) electrons. The Labute approximate surface area is 84.5 Å². The zero-order chi connectivity index (χ0) is 10.7. The van der Waals surface area contributed by atoms with Crippen LogP contribution in [-0.2, 0) is 4.74 Å². The average molecular weight is 204 g/mol. The Balaban J connectivity index is 2.71. The molecule has 0 aliphatic carbocycles. The topological polar surface area (TPSA) is 69.9 Å². The molecule has 1 rings (SSSR count). The summed E-state index contributed by atoms with van der Waals surface area (Å²) in [4.78, 5) is 0. The first-order valence-electron chi connectivity index (χ1n) is 5.20. The predicted octanol–water partition coefficient (Wildman–Crippen LogP) is -0.238. The van der Waals surface area contributed by atoms with Crippen molar-refractivity contribution in [2.45, 2.75) is 38.6 Å². The lowest BCUT2D eigenvalue weighted by atomic mass is 9.80. The van der Waals surface area contributed by atoms with Crippen LogP contribution in [0.4, 0.5) is 0 Å². The van der Waals surface area contributed by atoms with Gasteiger partial charge in [0.1, 0.15) is 0 Å². The molecule has 1 aliphatic rings. The fourth-order valence-corrected chi connectivity index (χ4v) is 2.17. The van der Waals surface area contributed by atoms with E-state index in [2.05, 4.69) is 0 Å². The van der Waals surface area contributed by atoms with Crippen LogP contribution in [0.3, 0.4) is 0 Å². The van der Waals surface area contributed by atoms with Gasteiger partial charge in [-0.3, -0.25) is 0 Å². The summed E-state index contributed by atoms with van der Waals surface area (Å²) in [5, 5.41) is 28.1. The zero-order valence-corrected chi connectivity index (χ0v) is 8.76. The van der Waals surface area contributed by atoms with Crippen LogP contribution in [0.1, 0.15) is 20.3 Å². The van der Waals surface area contributed by atoms with Gasteiger partial charge >= 0.3 is 0 Å². The van der Waals surface area contributed by atoms with E-state index in [-0.39, 0.29) is 37.3 Å². The van der Waals surface area contributed by atoms with Crippen LogP contribution >= 0.6 is 0 Å². The number of rotatable bonds is 3. The molecule has 1 aliphatic heterocycles. The van der Waals surface area contributed by atoms with Crippen LogP contribution in [-0.4, -0.2) is 46.8 Å². The van der Waals surface area contributed by atoms with Gasteiger partial charge in [0.2, 0.25) is 0 Å². The molecular weight excluding hydrogens is 184 g/mol. The minimum absolute atomic E-state index is 0.0298. The summed E-state index contributed by atoms with van der Waals surface area (Å²) in [6, 6.07) is 0. The highest BCUT2D eigenvalue weighted by Crippen LogP contribution is 2.31. The third kappa shape index (κ3) is 2.08. The van der Waals surface area contributed by atoms with Crippen molar-refractivity contribution < 1.29 is 20.1 Å². The molecule has 0 aromatic rings. The van der Waals surface area contributed by atoms with E-state index in [1.54, 1.807) is 0 Å². The van der Waals surface area contributed by atoms with Gasteiger partial charge in [0, 0.05) is 11.8 Å². The second-order valence-corrected chi connectivity index (χ2v) is 4.00. The summed E-state index contributed by atoms with van der Waals surface area (Å²) < 4.78 is 5.51. The van der Waals surface area contributed by atoms with Crippen molar-refractivity contribution in [2.24, 2.45) is 11.8 Å². The molecule has 84 valence electrons. The maximum absolute atomic E-state index is 9.94. The predicted molar refractivity (Wildman–Crippen MR) is 51.8 cm³/mol. The van der Waals surface area contributed by atoms with E-state index in [4.69, 9.17) is 14.9 Å². The summed E-state index contributed by atoms with van der Waals surface area (Å²) >= 11 is 0. The Morgan fingerprint density at radius 1 is 1.14 bits per heavy atom. The molecule has 0 amide bonds. The fourth-order valence-electron chi connectivity index (χ4n) is 2.17. The lowest BCUT2D eigenvalue weighted by Gasteiger charge is -2.42. The average Bonchev–Trinajstić information content (AvgIpc) is 2.21. The van der Waals surface area contributed by atoms with Gasteiger partial charge in [0.15, 0.2) is 0 Å². The largest absolute Gasteiger partial charge is 0.394 e. The smallest absolute Gasteiger partial charge is 0.0863 e. The molecule has 0 bridgehead atoms. The summed E-state index contributed by atoms with van der Waals surface area (Å²) in [6.07, 6.45) is -0.425. The monoisotopic (exact) mass is 204 g/mol. The first kappa shape index (κ1) is 11.9. The van der Waals surface area contributed by atoms with Crippen LogP contribution < -0.4 is 0 Å². The van der Waals surface area contributed by atoms with Gasteiger partial charge in [-0.05, 0) is 6.42 Å². The molecule has 3 unspecified atom stereocenters. The van der Waals surface area contributed by atoms with Gasteiger partial charge in [0.25, 0.3) is 0 Å². The Kier molecular flexibility index (Phi) is 4.31. The van der Waals surface area contributed by atoms with E-state index < -0.39 is 6.10 Å². The van der Waals surface area contributed by atoms with Crippen molar-refractivity contribution in [2.75, 3.05) is 13.2 Å². The van der Waals surface area contributed by atoms with E-state index in [0.29, 0.717) is 0 Å². The molecule has 4 heteroatoms. The molecule has 5 atom stereocenters. The highest BCUT2D eigenvalue weighted by atomic mass is 16.5. The standard InChI is InChI=1S/C10H20O4/c1-3-7-9(5-12)14-8(4-11)6(2)10(7)13/h6-13H,3-5H2,1-2H3/t6?,7-,8+,9?,10?/m1/s1. The number of aliphatic hydroxyl groups excluding tert-OH is 3. The van der Waals surface area contributed by atoms with Gasteiger partial charge in [-0.25, -0.2) is 0 Å². The molecule has 14 heavy (non-hydrogen) atoms. The maximum Gasteiger partial charge on any atom is 0.0863 e. The zero-order valence-electron chi connectivity index (χ0n) is 8.76. The minimum atomic E-state index is -0.497. The minimum Gasteiger partial charge on any atom is -0.394 e. The number of hydrogen-bond acceptors (Lipinski definition) is 4. The second kappa shape index (κ2) is 5.07. The second-order valence-electron chi connectivity index (χ2n) is 4.00. The molecule has 1 heterocycles. The summed E-state index contributed by atoms with van der Waals surface area (Å²) in [6.45, 7) is 3.62. The molecule has 0 spiro atoms. The van der Waals surface area contributed by atoms with Crippen molar-refractivity contribution in [3.05, 3.63) is 0 Å². The van der Waals surface area contributed by atoms with Gasteiger partial charge in [-0.1, -0.05) is 13.8 Å². The lowest BCUT2D eigenvalue weighted by molar-refractivity contribution is -0.189. The molecule has 1 saturated heterocycles. The normalized spacial score (nSPS) is 43.9. The Morgan fingerprint density at radius 2 is 1.71 bits per heavy atom. The third-order valence-corrected chi connectivity index (χ3v) is 3.22. The van der Waals surface area contributed by atoms with E-state index in [9.17, 15) is 5.11 Å². The first-order chi connectivity index (χ1) is 6.65. The Hall–Kier alpha value is -0.160. The molecular formula is C10H20O4. The molecule has 1 fully saturated rings. The van der Waals surface area contributed by atoms with Gasteiger partial charge < -0.3 is 20.1 Å². The summed E-state index contributed by atoms with van der Waals surface area (Å²) in [5.74, 6) is -0.106. The number of ether oxygens (including phenoxy) is 1. The van der Waals surface area contributed by atoms with E-state index in [0.717, 1.165) is 6.42 Å². The van der Waals surface area contributed by atoms with Crippen LogP contribution in [0.15, 0.2) is 0 Å². The third-order valence-electron chi connectivity index (χ3n) is 3.22. The van der Waals surface area contributed by atoms with E-state index in [1.165, 1.54) is 0 Å². The molecule has 4 nitrogen and oxygen atoms in total. The first-order valence-corrected chi connectivity index (χ1v) is 5.20. The summed E-state index contributed by atoms with van der Waals surface area (Å²) in [5.41, 5.74) is 0. The van der Waals surface area contributed by atoms with Crippen LogP contribution in [0, 0.1) is 11.8 Å². The fraction of sp³-hybridized carbons (Fsp3) is 1.00. The molecule has 0 saturated carbocycles. The van der Waals surface area contributed by atoms with Crippen molar-refractivity contribution in [1.29, 1.82) is 0 Å². The number of aliphatic hydroxyl groups is 3. The number of hydrogen-bond donors (Lipinski definition) is 3. The quantitative estimate of drug-likeness (QED) is 0.593. The SMILES string of the molecule is CC[C@@H]1C(CO)O[C@@H](CO)C(C)C1O. The molecule has 0 aromatic carbocycles. The van der Waals surface area contributed by atoms with Crippen LogP contribution in [0.5, 0.6) is 0 Å². The lowest BCUT2D eigenvalue weighted by Crippen LogP contribution is -2.52. The highest BCUT2D eigenvalue weighted by molar-refractivity contribution is 4.88. The van der Waals surface area contributed by atoms with E-state index >= 15 is 0 Å². The maximum atomic E-state index is 9.94. The van der Waals surface area contributed by atoms with Gasteiger partial charge in [0.05, 0.1) is 31.5 Å². The van der Waals surface area contributed by atoms with Crippen LogP contribution in [0.25, 0.3) is 0 Å². The highest BCUT2D eigenvalue weighted by Gasteiger charge is 2.41. The van der Waals surface area contributed by atoms with Crippen LogP contribution in [0.2, 0.25) is 0 Å². The van der Waals surface area contributed by atoms with Crippen molar-refractivity contribution in [3.8, 4) is 0 Å². The Bertz CT molecular complexity index is 172. The molecule has 0 aromatic heterocycles. The summed E-state index contributed by atoms with van der Waals surface area (Å²) in [7, 11) is 0. The van der Waals surface area contributed by atoms with Crippen molar-refractivity contribution in [3.63, 3.8) is 0 Å². The van der Waals surface area contributed by atoms with Gasteiger partial charge in [-0.15, -0.1) is 0 Å². The molecule has 3 N–H and O–H groups in total.